The fourth-order valence-corrected chi connectivity index (χ4v) is 3.45. The zero-order chi connectivity index (χ0) is 20.9. The molecule has 0 spiro atoms. The molecule has 0 aliphatic carbocycles. The highest BCUT2D eigenvalue weighted by molar-refractivity contribution is 5.76. The number of aromatic nitrogens is 4. The zero-order valence-corrected chi connectivity index (χ0v) is 17.2. The van der Waals surface area contributed by atoms with Gasteiger partial charge in [0.1, 0.15) is 11.9 Å². The van der Waals surface area contributed by atoms with E-state index in [0.717, 1.165) is 28.4 Å². The number of aryl methyl sites for hydroxylation is 2. The third-order valence-electron chi connectivity index (χ3n) is 5.12. The second-order valence-corrected chi connectivity index (χ2v) is 7.23. The highest BCUT2D eigenvalue weighted by Gasteiger charge is 2.26. The predicted octanol–water partition coefficient (Wildman–Crippen LogP) is 2.65. The Hall–Kier alpha value is -3.26. The topological polar surface area (TPSA) is 82.4 Å². The van der Waals surface area contributed by atoms with Crippen molar-refractivity contribution in [2.24, 2.45) is 0 Å². The molecule has 1 saturated heterocycles. The van der Waals surface area contributed by atoms with E-state index in [0.29, 0.717) is 32.7 Å². The number of carbonyl (C=O) groups excluding carboxylic acids is 1. The molecule has 3 aromatic rings. The number of ether oxygens (including phenoxy) is 2. The van der Waals surface area contributed by atoms with Crippen molar-refractivity contribution in [1.82, 2.24) is 24.6 Å². The van der Waals surface area contributed by atoms with Crippen molar-refractivity contribution in [2.45, 2.75) is 26.0 Å². The highest BCUT2D eigenvalue weighted by atomic mass is 16.5. The van der Waals surface area contributed by atoms with E-state index >= 15 is 0 Å². The quantitative estimate of drug-likeness (QED) is 0.625. The van der Waals surface area contributed by atoms with E-state index < -0.39 is 0 Å². The van der Waals surface area contributed by atoms with Crippen LogP contribution in [0.25, 0.3) is 11.3 Å². The van der Waals surface area contributed by atoms with Gasteiger partial charge in [0.15, 0.2) is 0 Å². The standard InChI is InChI=1S/C22H25N5O3/c1-16-7-9-27(25-16)10-8-22(28)26-11-12-30-21(15-26)20-14-23-13-19(24-20)17-3-5-18(29-2)6-4-17/h3-7,9,13-14,21H,8,10-12,15H2,1-2H3. The average Bonchev–Trinajstić information content (AvgIpc) is 3.23. The molecule has 30 heavy (non-hydrogen) atoms. The van der Waals surface area contributed by atoms with Crippen LogP contribution in [-0.4, -0.2) is 57.4 Å². The smallest absolute Gasteiger partial charge is 0.224 e. The number of nitrogens with zero attached hydrogens (tertiary/aromatic N) is 5. The molecule has 1 aliphatic heterocycles. The van der Waals surface area contributed by atoms with Crippen LogP contribution in [0.5, 0.6) is 5.75 Å². The number of benzene rings is 1. The fourth-order valence-electron chi connectivity index (χ4n) is 3.45. The van der Waals surface area contributed by atoms with E-state index in [1.165, 1.54) is 0 Å². The van der Waals surface area contributed by atoms with Crippen molar-refractivity contribution in [3.8, 4) is 17.0 Å². The van der Waals surface area contributed by atoms with Crippen molar-refractivity contribution in [1.29, 1.82) is 0 Å². The lowest BCUT2D eigenvalue weighted by Crippen LogP contribution is -2.42. The molecular formula is C22H25N5O3. The number of hydrogen-bond donors (Lipinski definition) is 0. The molecule has 8 heteroatoms. The molecule has 4 rings (SSSR count). The summed E-state index contributed by atoms with van der Waals surface area (Å²) in [4.78, 5) is 23.6. The van der Waals surface area contributed by atoms with Gasteiger partial charge >= 0.3 is 0 Å². The number of carbonyl (C=O) groups is 1. The number of methoxy groups -OCH3 is 1. The first kappa shape index (κ1) is 20.0. The monoisotopic (exact) mass is 407 g/mol. The Morgan fingerprint density at radius 1 is 1.23 bits per heavy atom. The Kier molecular flexibility index (Phi) is 6.04. The first-order chi connectivity index (χ1) is 14.6. The highest BCUT2D eigenvalue weighted by Crippen LogP contribution is 2.25. The van der Waals surface area contributed by atoms with E-state index in [1.807, 2.05) is 48.4 Å². The van der Waals surface area contributed by atoms with E-state index in [4.69, 9.17) is 14.5 Å². The molecular weight excluding hydrogens is 382 g/mol. The first-order valence-electron chi connectivity index (χ1n) is 9.98. The molecule has 1 aromatic carbocycles. The van der Waals surface area contributed by atoms with Gasteiger partial charge in [-0.1, -0.05) is 0 Å². The number of morpholine rings is 1. The Balaban J connectivity index is 1.41. The maximum atomic E-state index is 12.7. The van der Waals surface area contributed by atoms with Gasteiger partial charge in [0, 0.05) is 31.3 Å². The molecule has 0 radical (unpaired) electrons. The lowest BCUT2D eigenvalue weighted by atomic mass is 10.1. The van der Waals surface area contributed by atoms with Crippen LogP contribution in [0.1, 0.15) is 23.9 Å². The second kappa shape index (κ2) is 9.04. The van der Waals surface area contributed by atoms with Crippen LogP contribution in [-0.2, 0) is 16.1 Å². The molecule has 0 N–H and O–H groups in total. The van der Waals surface area contributed by atoms with E-state index in [-0.39, 0.29) is 12.0 Å². The molecule has 2 aromatic heterocycles. The predicted molar refractivity (Wildman–Crippen MR) is 111 cm³/mol. The lowest BCUT2D eigenvalue weighted by Gasteiger charge is -2.32. The number of hydrogen-bond acceptors (Lipinski definition) is 6. The van der Waals surface area contributed by atoms with Gasteiger partial charge in [-0.05, 0) is 37.3 Å². The first-order valence-corrected chi connectivity index (χ1v) is 9.98. The summed E-state index contributed by atoms with van der Waals surface area (Å²) in [6, 6.07) is 9.61. The Morgan fingerprint density at radius 2 is 2.07 bits per heavy atom. The fraction of sp³-hybridized carbons (Fsp3) is 0.364. The minimum atomic E-state index is -0.291. The van der Waals surface area contributed by atoms with Gasteiger partial charge in [-0.3, -0.25) is 14.5 Å². The molecule has 0 bridgehead atoms. The maximum Gasteiger partial charge on any atom is 0.224 e. The summed E-state index contributed by atoms with van der Waals surface area (Å²) < 4.78 is 12.9. The Morgan fingerprint density at radius 3 is 2.80 bits per heavy atom. The second-order valence-electron chi connectivity index (χ2n) is 7.23. The molecule has 1 amide bonds. The molecule has 1 atom stereocenters. The van der Waals surface area contributed by atoms with Gasteiger partial charge < -0.3 is 14.4 Å². The summed E-state index contributed by atoms with van der Waals surface area (Å²) in [5.41, 5.74) is 3.38. The van der Waals surface area contributed by atoms with Gasteiger partial charge in [0.2, 0.25) is 5.91 Å². The van der Waals surface area contributed by atoms with Crippen molar-refractivity contribution in [2.75, 3.05) is 26.8 Å². The summed E-state index contributed by atoms with van der Waals surface area (Å²) >= 11 is 0. The van der Waals surface area contributed by atoms with E-state index in [9.17, 15) is 4.79 Å². The molecule has 3 heterocycles. The van der Waals surface area contributed by atoms with Gasteiger partial charge in [0.05, 0.1) is 49.7 Å². The van der Waals surface area contributed by atoms with Crippen LogP contribution in [0.15, 0.2) is 48.9 Å². The van der Waals surface area contributed by atoms with Crippen LogP contribution in [0, 0.1) is 6.92 Å². The van der Waals surface area contributed by atoms with Gasteiger partial charge in [-0.25, -0.2) is 4.98 Å². The van der Waals surface area contributed by atoms with Crippen molar-refractivity contribution in [3.05, 3.63) is 60.3 Å². The van der Waals surface area contributed by atoms with Gasteiger partial charge in [-0.15, -0.1) is 0 Å². The third-order valence-corrected chi connectivity index (χ3v) is 5.12. The molecule has 1 fully saturated rings. The summed E-state index contributed by atoms with van der Waals surface area (Å²) in [6.45, 7) is 4.04. The van der Waals surface area contributed by atoms with Crippen LogP contribution in [0.3, 0.4) is 0 Å². The summed E-state index contributed by atoms with van der Waals surface area (Å²) in [5, 5.41) is 4.33. The largest absolute Gasteiger partial charge is 0.497 e. The molecule has 156 valence electrons. The van der Waals surface area contributed by atoms with Crippen LogP contribution >= 0.6 is 0 Å². The van der Waals surface area contributed by atoms with Crippen molar-refractivity contribution in [3.63, 3.8) is 0 Å². The SMILES string of the molecule is COc1ccc(-c2cncc(C3CN(C(=O)CCn4ccc(C)n4)CCO3)n2)cc1. The van der Waals surface area contributed by atoms with Crippen LogP contribution in [0.2, 0.25) is 0 Å². The van der Waals surface area contributed by atoms with Crippen molar-refractivity contribution < 1.29 is 14.3 Å². The van der Waals surface area contributed by atoms with Gasteiger partial charge in [0.25, 0.3) is 0 Å². The molecule has 1 aliphatic rings. The minimum Gasteiger partial charge on any atom is -0.497 e. The van der Waals surface area contributed by atoms with E-state index in [1.54, 1.807) is 24.2 Å². The maximum absolute atomic E-state index is 12.7. The normalized spacial score (nSPS) is 16.5. The Labute approximate surface area is 175 Å². The molecule has 1 unspecified atom stereocenters. The number of rotatable bonds is 6. The van der Waals surface area contributed by atoms with E-state index in [2.05, 4.69) is 10.1 Å². The molecule has 8 nitrogen and oxygen atoms in total. The minimum absolute atomic E-state index is 0.0933. The Bertz CT molecular complexity index is 1000. The summed E-state index contributed by atoms with van der Waals surface area (Å²) in [6.07, 6.45) is 5.44. The summed E-state index contributed by atoms with van der Waals surface area (Å²) in [7, 11) is 1.64. The average molecular weight is 407 g/mol. The molecule has 0 saturated carbocycles. The van der Waals surface area contributed by atoms with Crippen molar-refractivity contribution >= 4 is 5.91 Å². The van der Waals surface area contributed by atoms with Crippen LogP contribution < -0.4 is 4.74 Å². The van der Waals surface area contributed by atoms with Crippen LogP contribution in [0.4, 0.5) is 0 Å². The lowest BCUT2D eigenvalue weighted by molar-refractivity contribution is -0.139. The zero-order valence-electron chi connectivity index (χ0n) is 17.2. The van der Waals surface area contributed by atoms with Gasteiger partial charge in [-0.2, -0.15) is 5.10 Å². The number of amides is 1. The summed E-state index contributed by atoms with van der Waals surface area (Å²) in [5.74, 6) is 0.883. The third kappa shape index (κ3) is 4.65.